The van der Waals surface area contributed by atoms with Gasteiger partial charge in [-0.05, 0) is 39.2 Å². The highest BCUT2D eigenvalue weighted by Crippen LogP contribution is 2.34. The Morgan fingerprint density at radius 1 is 1.30 bits per heavy atom. The van der Waals surface area contributed by atoms with E-state index in [1.54, 1.807) is 4.90 Å². The van der Waals surface area contributed by atoms with Crippen LogP contribution in [0.2, 0.25) is 0 Å². The summed E-state index contributed by atoms with van der Waals surface area (Å²) < 4.78 is 5.58. The Morgan fingerprint density at radius 3 is 2.56 bits per heavy atom. The van der Waals surface area contributed by atoms with Gasteiger partial charge in [-0.15, -0.1) is 0 Å². The number of hydrogen-bond acceptors (Lipinski definition) is 3. The molecule has 1 aromatic carbocycles. The number of carbonyl (C=O) groups is 1. The molecule has 1 unspecified atom stereocenters. The van der Waals surface area contributed by atoms with Crippen molar-refractivity contribution in [3.63, 3.8) is 0 Å². The van der Waals surface area contributed by atoms with Gasteiger partial charge in [0.2, 0.25) is 0 Å². The monoisotopic (exact) mass is 370 g/mol. The quantitative estimate of drug-likeness (QED) is 0.846. The number of amides is 2. The van der Waals surface area contributed by atoms with Crippen LogP contribution in [-0.2, 0) is 10.2 Å². The van der Waals surface area contributed by atoms with Gasteiger partial charge in [0, 0.05) is 43.5 Å². The minimum atomic E-state index is -0.0687. The maximum Gasteiger partial charge on any atom is 0.317 e. The summed E-state index contributed by atoms with van der Waals surface area (Å²) in [6.07, 6.45) is 1.83. The number of rotatable bonds is 5. The zero-order valence-electron chi connectivity index (χ0n) is 16.7. The molecule has 146 valence electrons. The van der Waals surface area contributed by atoms with Crippen LogP contribution in [-0.4, -0.2) is 47.9 Å². The first-order valence-corrected chi connectivity index (χ1v) is 9.60. The fraction of sp³-hybridized carbons (Fsp3) is 0.524. The summed E-state index contributed by atoms with van der Waals surface area (Å²) in [5.41, 5.74) is 4.22. The average Bonchev–Trinajstić information content (AvgIpc) is 3.04. The van der Waals surface area contributed by atoms with Crippen LogP contribution in [0.25, 0.3) is 0 Å². The molecule has 6 nitrogen and oxygen atoms in total. The van der Waals surface area contributed by atoms with E-state index in [2.05, 4.69) is 39.8 Å². The number of benzene rings is 1. The Labute approximate surface area is 161 Å². The van der Waals surface area contributed by atoms with E-state index in [9.17, 15) is 4.79 Å². The van der Waals surface area contributed by atoms with E-state index in [1.807, 2.05) is 33.9 Å². The van der Waals surface area contributed by atoms with Crippen molar-refractivity contribution in [2.45, 2.75) is 45.1 Å². The number of ether oxygens (including phenoxy) is 1. The number of aromatic amines is 1. The molecule has 27 heavy (non-hydrogen) atoms. The summed E-state index contributed by atoms with van der Waals surface area (Å²) in [5, 5.41) is 10.4. The van der Waals surface area contributed by atoms with Crippen LogP contribution in [0, 0.1) is 13.8 Å². The zero-order chi connectivity index (χ0) is 19.4. The van der Waals surface area contributed by atoms with Crippen molar-refractivity contribution in [2.75, 3.05) is 26.8 Å². The molecule has 1 fully saturated rings. The molecule has 2 heterocycles. The number of hydrogen-bond donors (Lipinski definition) is 2. The van der Waals surface area contributed by atoms with Gasteiger partial charge in [-0.1, -0.05) is 30.3 Å². The van der Waals surface area contributed by atoms with Crippen LogP contribution in [0.15, 0.2) is 30.3 Å². The third-order valence-corrected chi connectivity index (χ3v) is 5.92. The normalized spacial score (nSPS) is 17.3. The van der Waals surface area contributed by atoms with E-state index in [1.165, 1.54) is 5.56 Å². The second-order valence-electron chi connectivity index (χ2n) is 7.55. The average molecular weight is 370 g/mol. The van der Waals surface area contributed by atoms with Crippen LogP contribution >= 0.6 is 0 Å². The van der Waals surface area contributed by atoms with E-state index in [0.29, 0.717) is 6.54 Å². The van der Waals surface area contributed by atoms with Crippen molar-refractivity contribution < 1.29 is 9.53 Å². The van der Waals surface area contributed by atoms with Gasteiger partial charge >= 0.3 is 6.03 Å². The van der Waals surface area contributed by atoms with Crippen LogP contribution in [0.1, 0.15) is 48.3 Å². The molecule has 1 atom stereocenters. The van der Waals surface area contributed by atoms with E-state index >= 15 is 0 Å². The van der Waals surface area contributed by atoms with Crippen LogP contribution in [0.3, 0.4) is 0 Å². The Balaban J connectivity index is 1.71. The van der Waals surface area contributed by atoms with Gasteiger partial charge in [-0.3, -0.25) is 5.10 Å². The molecule has 1 aliphatic rings. The summed E-state index contributed by atoms with van der Waals surface area (Å²) >= 11 is 0. The number of urea groups is 1. The summed E-state index contributed by atoms with van der Waals surface area (Å²) in [6.45, 7) is 8.05. The minimum Gasteiger partial charge on any atom is -0.381 e. The Hall–Kier alpha value is -2.34. The number of aryl methyl sites for hydroxylation is 2. The first-order valence-electron chi connectivity index (χ1n) is 9.60. The molecule has 0 saturated carbocycles. The standard InChI is InChI=1S/C21H30N4O2/c1-15-19(16(2)24-23-15)17(3)25(4)20(26)22-14-21(10-12-27-13-11-21)18-8-6-5-7-9-18/h5-9,17H,10-14H2,1-4H3,(H,22,26)(H,23,24). The SMILES string of the molecule is Cc1n[nH]c(C)c1C(C)N(C)C(=O)NCC1(c2ccccc2)CCOCC1. The van der Waals surface area contributed by atoms with Gasteiger partial charge in [0.15, 0.2) is 0 Å². The molecular weight excluding hydrogens is 340 g/mol. The number of nitrogens with one attached hydrogen (secondary N) is 2. The maximum atomic E-state index is 12.9. The van der Waals surface area contributed by atoms with Crippen molar-refractivity contribution in [2.24, 2.45) is 0 Å². The molecule has 0 radical (unpaired) electrons. The molecule has 1 saturated heterocycles. The molecule has 2 aromatic rings. The van der Waals surface area contributed by atoms with Gasteiger partial charge in [0.05, 0.1) is 11.7 Å². The predicted molar refractivity (Wildman–Crippen MR) is 106 cm³/mol. The van der Waals surface area contributed by atoms with Crippen LogP contribution in [0.4, 0.5) is 4.79 Å². The highest BCUT2D eigenvalue weighted by atomic mass is 16.5. The Kier molecular flexibility index (Phi) is 5.85. The largest absolute Gasteiger partial charge is 0.381 e. The molecule has 0 spiro atoms. The second kappa shape index (κ2) is 8.13. The van der Waals surface area contributed by atoms with E-state index < -0.39 is 0 Å². The van der Waals surface area contributed by atoms with Crippen LogP contribution in [0.5, 0.6) is 0 Å². The van der Waals surface area contributed by atoms with Crippen LogP contribution < -0.4 is 5.32 Å². The van der Waals surface area contributed by atoms with Gasteiger partial charge in [-0.2, -0.15) is 5.10 Å². The Morgan fingerprint density at radius 2 is 1.96 bits per heavy atom. The third-order valence-electron chi connectivity index (χ3n) is 5.92. The topological polar surface area (TPSA) is 70.2 Å². The predicted octanol–water partition coefficient (Wildman–Crippen LogP) is 3.48. The number of nitrogens with zero attached hydrogens (tertiary/aromatic N) is 2. The van der Waals surface area contributed by atoms with Crippen molar-refractivity contribution in [1.82, 2.24) is 20.4 Å². The molecule has 2 amide bonds. The summed E-state index contributed by atoms with van der Waals surface area (Å²) in [5.74, 6) is 0. The van der Waals surface area contributed by atoms with Crippen molar-refractivity contribution in [3.8, 4) is 0 Å². The lowest BCUT2D eigenvalue weighted by atomic mass is 9.74. The molecule has 6 heteroatoms. The van der Waals surface area contributed by atoms with E-state index in [4.69, 9.17) is 4.74 Å². The number of H-pyrrole nitrogens is 1. The van der Waals surface area contributed by atoms with Gasteiger partial charge < -0.3 is 15.0 Å². The maximum absolute atomic E-state index is 12.9. The molecule has 1 aromatic heterocycles. The Bertz CT molecular complexity index is 746. The highest BCUT2D eigenvalue weighted by Gasteiger charge is 2.35. The first-order chi connectivity index (χ1) is 12.9. The minimum absolute atomic E-state index is 0.0499. The second-order valence-corrected chi connectivity index (χ2v) is 7.55. The fourth-order valence-electron chi connectivity index (χ4n) is 4.04. The third kappa shape index (κ3) is 4.00. The van der Waals surface area contributed by atoms with E-state index in [-0.39, 0.29) is 17.5 Å². The molecule has 2 N–H and O–H groups in total. The van der Waals surface area contributed by atoms with Gasteiger partial charge in [-0.25, -0.2) is 4.79 Å². The van der Waals surface area contributed by atoms with E-state index in [0.717, 1.165) is 43.0 Å². The summed E-state index contributed by atoms with van der Waals surface area (Å²) in [6, 6.07) is 10.3. The molecular formula is C21H30N4O2. The van der Waals surface area contributed by atoms with Crippen molar-refractivity contribution in [1.29, 1.82) is 0 Å². The smallest absolute Gasteiger partial charge is 0.317 e. The lowest BCUT2D eigenvalue weighted by Gasteiger charge is -2.38. The fourth-order valence-corrected chi connectivity index (χ4v) is 4.04. The molecule has 0 aliphatic carbocycles. The summed E-state index contributed by atoms with van der Waals surface area (Å²) in [7, 11) is 1.84. The molecule has 0 bridgehead atoms. The molecule has 1 aliphatic heterocycles. The first kappa shape index (κ1) is 19.4. The number of carbonyl (C=O) groups excluding carboxylic acids is 1. The molecule has 3 rings (SSSR count). The van der Waals surface area contributed by atoms with Crippen molar-refractivity contribution >= 4 is 6.03 Å². The van der Waals surface area contributed by atoms with Gasteiger partial charge in [0.25, 0.3) is 0 Å². The summed E-state index contributed by atoms with van der Waals surface area (Å²) in [4.78, 5) is 14.6. The number of aromatic nitrogens is 2. The lowest BCUT2D eigenvalue weighted by molar-refractivity contribution is 0.0501. The zero-order valence-corrected chi connectivity index (χ0v) is 16.7. The van der Waals surface area contributed by atoms with Crippen molar-refractivity contribution in [3.05, 3.63) is 52.8 Å². The highest BCUT2D eigenvalue weighted by molar-refractivity contribution is 5.74. The van der Waals surface area contributed by atoms with Gasteiger partial charge in [0.1, 0.15) is 0 Å². The lowest BCUT2D eigenvalue weighted by Crippen LogP contribution is -2.48.